The highest BCUT2D eigenvalue weighted by Crippen LogP contribution is 2.27. The number of methoxy groups -OCH3 is 1. The zero-order valence-corrected chi connectivity index (χ0v) is 15.0. The van der Waals surface area contributed by atoms with Gasteiger partial charge in [0.15, 0.2) is 0 Å². The second-order valence-corrected chi connectivity index (χ2v) is 6.42. The van der Waals surface area contributed by atoms with Crippen LogP contribution in [0.1, 0.15) is 28.5 Å². The molecule has 0 fully saturated rings. The second kappa shape index (κ2) is 6.88. The van der Waals surface area contributed by atoms with Crippen molar-refractivity contribution >= 4 is 40.1 Å². The number of benzene rings is 2. The maximum absolute atomic E-state index is 11.8. The SMILES string of the molecule is CCc1cc2ccc(C(=O)OC)cc2n1Cc1ccc(Cl)cc1Cl. The number of fused-ring (bicyclic) bond motifs is 1. The van der Waals surface area contributed by atoms with E-state index in [0.29, 0.717) is 22.2 Å². The first kappa shape index (κ1) is 16.9. The van der Waals surface area contributed by atoms with Gasteiger partial charge >= 0.3 is 5.97 Å². The van der Waals surface area contributed by atoms with Gasteiger partial charge in [0.2, 0.25) is 0 Å². The minimum Gasteiger partial charge on any atom is -0.465 e. The minimum atomic E-state index is -0.341. The van der Waals surface area contributed by atoms with Gasteiger partial charge in [0.05, 0.1) is 12.7 Å². The summed E-state index contributed by atoms with van der Waals surface area (Å²) < 4.78 is 7.00. The third kappa shape index (κ3) is 3.14. The smallest absolute Gasteiger partial charge is 0.337 e. The highest BCUT2D eigenvalue weighted by Gasteiger charge is 2.13. The topological polar surface area (TPSA) is 31.2 Å². The van der Waals surface area contributed by atoms with E-state index in [2.05, 4.69) is 17.6 Å². The molecule has 0 radical (unpaired) electrons. The van der Waals surface area contributed by atoms with E-state index >= 15 is 0 Å². The highest BCUT2D eigenvalue weighted by molar-refractivity contribution is 6.35. The Kier molecular flexibility index (Phi) is 4.83. The molecular formula is C19H17Cl2NO2. The fourth-order valence-corrected chi connectivity index (χ4v) is 3.32. The Labute approximate surface area is 150 Å². The maximum Gasteiger partial charge on any atom is 0.337 e. The van der Waals surface area contributed by atoms with E-state index in [1.807, 2.05) is 24.3 Å². The second-order valence-electron chi connectivity index (χ2n) is 5.58. The molecule has 0 N–H and O–H groups in total. The number of carbonyl (C=O) groups excluding carboxylic acids is 1. The Morgan fingerprint density at radius 1 is 1.12 bits per heavy atom. The largest absolute Gasteiger partial charge is 0.465 e. The molecule has 124 valence electrons. The molecule has 0 unspecified atom stereocenters. The number of esters is 1. The van der Waals surface area contributed by atoms with Crippen LogP contribution >= 0.6 is 23.2 Å². The van der Waals surface area contributed by atoms with Crippen molar-refractivity contribution in [2.45, 2.75) is 19.9 Å². The standard InChI is InChI=1S/C19H17Cl2NO2/c1-3-16-8-12-4-5-13(19(23)24-2)9-18(12)22(16)11-14-6-7-15(20)10-17(14)21/h4-10H,3,11H2,1-2H3. The molecule has 0 aliphatic heterocycles. The van der Waals surface area contributed by atoms with Gasteiger partial charge in [-0.1, -0.05) is 42.3 Å². The third-order valence-electron chi connectivity index (χ3n) is 4.12. The number of aryl methyl sites for hydroxylation is 1. The van der Waals surface area contributed by atoms with Crippen LogP contribution in [0.5, 0.6) is 0 Å². The number of hydrogen-bond donors (Lipinski definition) is 0. The monoisotopic (exact) mass is 361 g/mol. The molecule has 0 saturated carbocycles. The average Bonchev–Trinajstić information content (AvgIpc) is 2.93. The van der Waals surface area contributed by atoms with Crippen LogP contribution in [0, 0.1) is 0 Å². The Morgan fingerprint density at radius 3 is 2.58 bits per heavy atom. The van der Waals surface area contributed by atoms with Crippen molar-refractivity contribution in [1.82, 2.24) is 4.57 Å². The van der Waals surface area contributed by atoms with Crippen molar-refractivity contribution in [2.24, 2.45) is 0 Å². The fourth-order valence-electron chi connectivity index (χ4n) is 2.86. The average molecular weight is 362 g/mol. The summed E-state index contributed by atoms with van der Waals surface area (Å²) in [5.41, 5.74) is 3.68. The molecule has 2 aromatic carbocycles. The first-order chi connectivity index (χ1) is 11.5. The summed E-state index contributed by atoms with van der Waals surface area (Å²) in [7, 11) is 1.39. The number of carbonyl (C=O) groups is 1. The maximum atomic E-state index is 11.8. The predicted molar refractivity (Wildman–Crippen MR) is 98.2 cm³/mol. The van der Waals surface area contributed by atoms with E-state index in [4.69, 9.17) is 27.9 Å². The molecule has 24 heavy (non-hydrogen) atoms. The van der Waals surface area contributed by atoms with Crippen molar-refractivity contribution in [1.29, 1.82) is 0 Å². The normalized spacial score (nSPS) is 11.0. The van der Waals surface area contributed by atoms with Crippen LogP contribution in [0.3, 0.4) is 0 Å². The van der Waals surface area contributed by atoms with Crippen LogP contribution in [-0.2, 0) is 17.7 Å². The van der Waals surface area contributed by atoms with E-state index in [1.54, 1.807) is 12.1 Å². The van der Waals surface area contributed by atoms with E-state index < -0.39 is 0 Å². The summed E-state index contributed by atoms with van der Waals surface area (Å²) >= 11 is 12.3. The quantitative estimate of drug-likeness (QED) is 0.586. The van der Waals surface area contributed by atoms with Crippen molar-refractivity contribution in [2.75, 3.05) is 7.11 Å². The number of hydrogen-bond acceptors (Lipinski definition) is 2. The van der Waals surface area contributed by atoms with Gasteiger partial charge < -0.3 is 9.30 Å². The third-order valence-corrected chi connectivity index (χ3v) is 4.70. The highest BCUT2D eigenvalue weighted by atomic mass is 35.5. The summed E-state index contributed by atoms with van der Waals surface area (Å²) in [6, 6.07) is 13.2. The zero-order valence-electron chi connectivity index (χ0n) is 13.5. The van der Waals surface area contributed by atoms with E-state index in [-0.39, 0.29) is 5.97 Å². The van der Waals surface area contributed by atoms with Gasteiger partial charge in [-0.25, -0.2) is 4.79 Å². The molecule has 0 saturated heterocycles. The number of ether oxygens (including phenoxy) is 1. The van der Waals surface area contributed by atoms with Crippen molar-refractivity contribution in [3.63, 3.8) is 0 Å². The fraction of sp³-hybridized carbons (Fsp3) is 0.211. The molecule has 3 rings (SSSR count). The Hall–Kier alpha value is -1.97. The molecule has 1 aromatic heterocycles. The van der Waals surface area contributed by atoms with Gasteiger partial charge in [0.25, 0.3) is 0 Å². The van der Waals surface area contributed by atoms with Gasteiger partial charge in [-0.2, -0.15) is 0 Å². The summed E-state index contributed by atoms with van der Waals surface area (Å²) in [6.45, 7) is 2.72. The molecule has 0 aliphatic rings. The molecule has 3 nitrogen and oxygen atoms in total. The van der Waals surface area contributed by atoms with Gasteiger partial charge in [-0.05, 0) is 47.7 Å². The summed E-state index contributed by atoms with van der Waals surface area (Å²) in [4.78, 5) is 11.8. The predicted octanol–water partition coefficient (Wildman–Crippen LogP) is 5.35. The van der Waals surface area contributed by atoms with E-state index in [9.17, 15) is 4.79 Å². The van der Waals surface area contributed by atoms with Gasteiger partial charge in [0, 0.05) is 27.8 Å². The molecule has 0 spiro atoms. The Bertz CT molecular complexity index is 915. The molecule has 5 heteroatoms. The molecule has 0 atom stereocenters. The van der Waals surface area contributed by atoms with E-state index in [1.165, 1.54) is 12.8 Å². The van der Waals surface area contributed by atoms with Crippen LogP contribution in [0.2, 0.25) is 10.0 Å². The van der Waals surface area contributed by atoms with Crippen LogP contribution in [0.4, 0.5) is 0 Å². The first-order valence-electron chi connectivity index (χ1n) is 7.68. The lowest BCUT2D eigenvalue weighted by Crippen LogP contribution is -2.05. The van der Waals surface area contributed by atoms with Crippen LogP contribution in [0.15, 0.2) is 42.5 Å². The summed E-state index contributed by atoms with van der Waals surface area (Å²) in [6.07, 6.45) is 0.882. The molecule has 0 bridgehead atoms. The molecule has 0 amide bonds. The Morgan fingerprint density at radius 2 is 1.92 bits per heavy atom. The minimum absolute atomic E-state index is 0.341. The van der Waals surface area contributed by atoms with Crippen molar-refractivity contribution in [3.8, 4) is 0 Å². The lowest BCUT2D eigenvalue weighted by molar-refractivity contribution is 0.0601. The van der Waals surface area contributed by atoms with Crippen molar-refractivity contribution in [3.05, 3.63) is 69.3 Å². The summed E-state index contributed by atoms with van der Waals surface area (Å²) in [5, 5.41) is 2.34. The van der Waals surface area contributed by atoms with Gasteiger partial charge in [0.1, 0.15) is 0 Å². The molecule has 3 aromatic rings. The van der Waals surface area contributed by atoms with Gasteiger partial charge in [-0.15, -0.1) is 0 Å². The Balaban J connectivity index is 2.12. The number of aromatic nitrogens is 1. The number of rotatable bonds is 4. The van der Waals surface area contributed by atoms with Crippen molar-refractivity contribution < 1.29 is 9.53 Å². The first-order valence-corrected chi connectivity index (χ1v) is 8.43. The van der Waals surface area contributed by atoms with Crippen LogP contribution < -0.4 is 0 Å². The van der Waals surface area contributed by atoms with Crippen LogP contribution in [-0.4, -0.2) is 17.6 Å². The number of nitrogens with zero attached hydrogens (tertiary/aromatic N) is 1. The van der Waals surface area contributed by atoms with Crippen LogP contribution in [0.25, 0.3) is 10.9 Å². The zero-order chi connectivity index (χ0) is 17.3. The molecular weight excluding hydrogens is 345 g/mol. The van der Waals surface area contributed by atoms with Gasteiger partial charge in [-0.3, -0.25) is 0 Å². The lowest BCUT2D eigenvalue weighted by Gasteiger charge is -2.12. The molecule has 1 heterocycles. The molecule has 0 aliphatic carbocycles. The van der Waals surface area contributed by atoms with E-state index in [0.717, 1.165) is 22.9 Å². The summed E-state index contributed by atoms with van der Waals surface area (Å²) in [5.74, 6) is -0.341. The lowest BCUT2D eigenvalue weighted by atomic mass is 10.1. The number of halogens is 2.